The summed E-state index contributed by atoms with van der Waals surface area (Å²) in [5.41, 5.74) is 2.38. The summed E-state index contributed by atoms with van der Waals surface area (Å²) in [6.07, 6.45) is -0.727. The zero-order chi connectivity index (χ0) is 20.9. The van der Waals surface area contributed by atoms with Crippen LogP contribution in [0.2, 0.25) is 0 Å². The predicted octanol–water partition coefficient (Wildman–Crippen LogP) is 4.38. The molecule has 1 aromatic carbocycles. The predicted molar refractivity (Wildman–Crippen MR) is 99.9 cm³/mol. The van der Waals surface area contributed by atoms with Crippen LogP contribution in [-0.2, 0) is 10.7 Å². The normalized spacial score (nSPS) is 16.9. The summed E-state index contributed by atoms with van der Waals surface area (Å²) in [6.45, 7) is 2.33. The quantitative estimate of drug-likeness (QED) is 0.659. The zero-order valence-electron chi connectivity index (χ0n) is 15.6. The highest BCUT2D eigenvalue weighted by atomic mass is 19.3. The Morgan fingerprint density at radius 2 is 1.97 bits per heavy atom. The van der Waals surface area contributed by atoms with Crippen LogP contribution in [0.5, 0.6) is 0 Å². The van der Waals surface area contributed by atoms with Gasteiger partial charge in [0.1, 0.15) is 11.6 Å². The fraction of sp³-hybridized carbons (Fsp3) is 0.238. The monoisotopic (exact) mass is 396 g/mol. The third-order valence-corrected chi connectivity index (χ3v) is 4.92. The van der Waals surface area contributed by atoms with Crippen molar-refractivity contribution in [1.82, 2.24) is 14.6 Å². The number of halogens is 3. The Balaban J connectivity index is 2.17. The Morgan fingerprint density at radius 3 is 2.52 bits per heavy atom. The van der Waals surface area contributed by atoms with E-state index in [1.807, 2.05) is 12.1 Å². The van der Waals surface area contributed by atoms with Crippen molar-refractivity contribution in [3.8, 4) is 17.2 Å². The number of allylic oxidation sites excluding steroid dienone is 2. The zero-order valence-corrected chi connectivity index (χ0v) is 15.6. The van der Waals surface area contributed by atoms with E-state index >= 15 is 0 Å². The van der Waals surface area contributed by atoms with Gasteiger partial charge < -0.3 is 0 Å². The van der Waals surface area contributed by atoms with E-state index in [1.54, 1.807) is 31.2 Å². The van der Waals surface area contributed by atoms with Gasteiger partial charge in [0.2, 0.25) is 5.82 Å². The van der Waals surface area contributed by atoms with Gasteiger partial charge in [-0.1, -0.05) is 30.3 Å². The Bertz CT molecular complexity index is 1220. The van der Waals surface area contributed by atoms with Crippen molar-refractivity contribution in [2.24, 2.45) is 0 Å². The second-order valence-corrected chi connectivity index (χ2v) is 7.00. The molecule has 4 rings (SSSR count). The lowest BCUT2D eigenvalue weighted by Crippen LogP contribution is -2.10. The van der Waals surface area contributed by atoms with Crippen LogP contribution in [0.1, 0.15) is 36.0 Å². The summed E-state index contributed by atoms with van der Waals surface area (Å²) >= 11 is 0. The molecule has 146 valence electrons. The van der Waals surface area contributed by atoms with Crippen molar-refractivity contribution in [2.75, 3.05) is 0 Å². The topological polar surface area (TPSA) is 71.1 Å². The lowest BCUT2D eigenvalue weighted by Gasteiger charge is -2.17. The first-order valence-electron chi connectivity index (χ1n) is 8.88. The van der Waals surface area contributed by atoms with Gasteiger partial charge in [0, 0.05) is 18.9 Å². The highest BCUT2D eigenvalue weighted by Crippen LogP contribution is 2.39. The maximum absolute atomic E-state index is 14.0. The standard InChI is InChI=1S/C21H15F3N4O/c1-11-14(10-25)19-26-20(21(2,23)24)27-28(19)18(13-8-15(22)16(29)9-13)17(11)12-6-4-3-5-7-12/h3-7,9,15H,8H2,1-2H3. The fourth-order valence-corrected chi connectivity index (χ4v) is 3.56. The number of rotatable bonds is 3. The van der Waals surface area contributed by atoms with E-state index in [0.717, 1.165) is 4.52 Å². The van der Waals surface area contributed by atoms with E-state index in [-0.39, 0.29) is 17.6 Å². The smallest absolute Gasteiger partial charge is 0.292 e. The number of nitriles is 1. The average molecular weight is 396 g/mol. The first-order chi connectivity index (χ1) is 13.7. The number of carbonyl (C=O) groups is 1. The molecule has 1 atom stereocenters. The lowest BCUT2D eigenvalue weighted by atomic mass is 9.92. The van der Waals surface area contributed by atoms with E-state index < -0.39 is 23.7 Å². The average Bonchev–Trinajstić information content (AvgIpc) is 3.25. The maximum atomic E-state index is 14.0. The Hall–Kier alpha value is -3.47. The summed E-state index contributed by atoms with van der Waals surface area (Å²) in [6, 6.07) is 11.0. The molecule has 0 saturated carbocycles. The van der Waals surface area contributed by atoms with Crippen molar-refractivity contribution in [2.45, 2.75) is 32.4 Å². The first kappa shape index (κ1) is 18.9. The molecule has 0 spiro atoms. The van der Waals surface area contributed by atoms with Crippen LogP contribution in [0.15, 0.2) is 36.4 Å². The van der Waals surface area contributed by atoms with E-state index in [2.05, 4.69) is 10.1 Å². The number of pyridine rings is 1. The first-order valence-corrected chi connectivity index (χ1v) is 8.88. The third kappa shape index (κ3) is 2.99. The molecule has 8 heteroatoms. The Kier molecular flexibility index (Phi) is 4.26. The molecule has 3 aromatic rings. The second-order valence-electron chi connectivity index (χ2n) is 7.00. The number of hydrogen-bond donors (Lipinski definition) is 0. The van der Waals surface area contributed by atoms with Crippen LogP contribution in [0.4, 0.5) is 13.2 Å². The molecule has 0 bridgehead atoms. The van der Waals surface area contributed by atoms with E-state index in [0.29, 0.717) is 34.9 Å². The minimum absolute atomic E-state index is 0.0492. The van der Waals surface area contributed by atoms with E-state index in [4.69, 9.17) is 0 Å². The Morgan fingerprint density at radius 1 is 1.28 bits per heavy atom. The molecule has 0 amide bonds. The highest BCUT2D eigenvalue weighted by molar-refractivity contribution is 6.06. The minimum Gasteiger partial charge on any atom is -0.292 e. The van der Waals surface area contributed by atoms with Crippen molar-refractivity contribution in [1.29, 1.82) is 5.26 Å². The van der Waals surface area contributed by atoms with Crippen LogP contribution >= 0.6 is 0 Å². The second kappa shape index (κ2) is 6.55. The summed E-state index contributed by atoms with van der Waals surface area (Å²) in [4.78, 5) is 15.7. The molecule has 2 heterocycles. The van der Waals surface area contributed by atoms with Crippen LogP contribution in [0, 0.1) is 18.3 Å². The molecule has 1 aliphatic rings. The molecule has 2 aromatic heterocycles. The van der Waals surface area contributed by atoms with Crippen molar-refractivity contribution in [3.63, 3.8) is 0 Å². The van der Waals surface area contributed by atoms with Gasteiger partial charge in [0.25, 0.3) is 0 Å². The molecule has 0 fully saturated rings. The Labute approximate surface area is 164 Å². The summed E-state index contributed by atoms with van der Waals surface area (Å²) in [5.74, 6) is -4.77. The lowest BCUT2D eigenvalue weighted by molar-refractivity contribution is -0.118. The minimum atomic E-state index is -3.33. The van der Waals surface area contributed by atoms with Crippen LogP contribution < -0.4 is 0 Å². The number of benzene rings is 1. The third-order valence-electron chi connectivity index (χ3n) is 4.92. The van der Waals surface area contributed by atoms with Gasteiger partial charge in [0.05, 0.1) is 5.69 Å². The number of carbonyl (C=O) groups excluding carboxylic acids is 1. The molecular weight excluding hydrogens is 381 g/mol. The number of fused-ring (bicyclic) bond motifs is 1. The highest BCUT2D eigenvalue weighted by Gasteiger charge is 2.35. The van der Waals surface area contributed by atoms with Crippen LogP contribution in [0.25, 0.3) is 22.3 Å². The number of alkyl halides is 3. The molecule has 0 saturated heterocycles. The molecular formula is C21H15F3N4O. The van der Waals surface area contributed by atoms with Gasteiger partial charge in [-0.05, 0) is 29.7 Å². The number of ketones is 1. The van der Waals surface area contributed by atoms with Gasteiger partial charge in [-0.3, -0.25) is 4.79 Å². The molecule has 0 aliphatic heterocycles. The fourth-order valence-electron chi connectivity index (χ4n) is 3.56. The summed E-state index contributed by atoms with van der Waals surface area (Å²) in [7, 11) is 0. The molecule has 29 heavy (non-hydrogen) atoms. The van der Waals surface area contributed by atoms with Gasteiger partial charge in [0.15, 0.2) is 17.6 Å². The molecule has 1 aliphatic carbocycles. The molecule has 1 unspecified atom stereocenters. The van der Waals surface area contributed by atoms with Crippen LogP contribution in [-0.4, -0.2) is 26.6 Å². The van der Waals surface area contributed by atoms with Crippen LogP contribution in [0.3, 0.4) is 0 Å². The van der Waals surface area contributed by atoms with Gasteiger partial charge in [-0.25, -0.2) is 13.9 Å². The van der Waals surface area contributed by atoms with Gasteiger partial charge >= 0.3 is 5.92 Å². The summed E-state index contributed by atoms with van der Waals surface area (Å²) < 4.78 is 43.0. The summed E-state index contributed by atoms with van der Waals surface area (Å²) in [5, 5.41) is 13.6. The number of aromatic nitrogens is 3. The molecule has 0 radical (unpaired) electrons. The maximum Gasteiger partial charge on any atom is 0.305 e. The molecule has 5 nitrogen and oxygen atoms in total. The van der Waals surface area contributed by atoms with Crippen molar-refractivity contribution in [3.05, 3.63) is 59.1 Å². The van der Waals surface area contributed by atoms with Crippen molar-refractivity contribution < 1.29 is 18.0 Å². The van der Waals surface area contributed by atoms with E-state index in [1.165, 1.54) is 6.08 Å². The van der Waals surface area contributed by atoms with Gasteiger partial charge in [-0.15, -0.1) is 5.10 Å². The number of hydrogen-bond acceptors (Lipinski definition) is 4. The molecule has 0 N–H and O–H groups in total. The van der Waals surface area contributed by atoms with E-state index in [9.17, 15) is 23.2 Å². The SMILES string of the molecule is Cc1c(-c2ccccc2)c(C2=CC(=O)C(F)C2)n2nc(C(C)(F)F)nc2c1C#N. The van der Waals surface area contributed by atoms with Gasteiger partial charge in [-0.2, -0.15) is 14.0 Å². The number of nitrogens with zero attached hydrogens (tertiary/aromatic N) is 4. The van der Waals surface area contributed by atoms with Crippen molar-refractivity contribution >= 4 is 17.0 Å². The largest absolute Gasteiger partial charge is 0.305 e.